The molecule has 4 heteroatoms. The Morgan fingerprint density at radius 2 is 2.08 bits per heavy atom. The molecule has 13 heavy (non-hydrogen) atoms. The van der Waals surface area contributed by atoms with Gasteiger partial charge >= 0.3 is 0 Å². The molecule has 5 N–H and O–H groups in total. The van der Waals surface area contributed by atoms with Crippen molar-refractivity contribution in [2.24, 2.45) is 11.5 Å². The van der Waals surface area contributed by atoms with Crippen LogP contribution in [-0.4, -0.2) is 16.7 Å². The van der Waals surface area contributed by atoms with Crippen LogP contribution >= 0.6 is 0 Å². The van der Waals surface area contributed by atoms with E-state index in [1.165, 1.54) is 0 Å². The van der Waals surface area contributed by atoms with E-state index in [2.05, 4.69) is 4.98 Å². The number of rotatable bonds is 4. The summed E-state index contributed by atoms with van der Waals surface area (Å²) in [5.41, 5.74) is 13.8. The van der Waals surface area contributed by atoms with Crippen molar-refractivity contribution in [2.45, 2.75) is 19.5 Å². The summed E-state index contributed by atoms with van der Waals surface area (Å²) in [4.78, 5) is 4.19. The Hall–Kier alpha value is -0.970. The highest BCUT2D eigenvalue weighted by Gasteiger charge is 2.02. The molecule has 0 saturated carbocycles. The third-order valence-corrected chi connectivity index (χ3v) is 1.92. The molecule has 0 aliphatic carbocycles. The van der Waals surface area contributed by atoms with Gasteiger partial charge in [0, 0.05) is 38.0 Å². The predicted octanol–water partition coefficient (Wildman–Crippen LogP) is -0.466. The molecule has 1 rings (SSSR count). The summed E-state index contributed by atoms with van der Waals surface area (Å²) >= 11 is 0. The van der Waals surface area contributed by atoms with E-state index in [1.54, 1.807) is 6.20 Å². The number of pyridine rings is 1. The Balaban J connectivity index is 2.93. The molecular formula is C9H15N3O. The van der Waals surface area contributed by atoms with Crippen molar-refractivity contribution in [3.8, 4) is 0 Å². The highest BCUT2D eigenvalue weighted by Crippen LogP contribution is 2.08. The molecule has 72 valence electrons. The van der Waals surface area contributed by atoms with Crippen molar-refractivity contribution >= 4 is 0 Å². The van der Waals surface area contributed by atoms with Crippen LogP contribution in [0.25, 0.3) is 0 Å². The molecule has 1 aromatic heterocycles. The maximum Gasteiger partial charge on any atom is 0.0486 e. The largest absolute Gasteiger partial charge is 0.396 e. The lowest BCUT2D eigenvalue weighted by Gasteiger charge is -2.06. The van der Waals surface area contributed by atoms with Crippen LogP contribution in [0.1, 0.15) is 16.8 Å². The number of aromatic nitrogens is 1. The molecule has 0 fully saturated rings. The molecule has 0 aromatic carbocycles. The van der Waals surface area contributed by atoms with Gasteiger partial charge in [0.25, 0.3) is 0 Å². The van der Waals surface area contributed by atoms with Crippen molar-refractivity contribution in [3.63, 3.8) is 0 Å². The first-order chi connectivity index (χ1) is 6.31. The van der Waals surface area contributed by atoms with E-state index in [4.69, 9.17) is 16.6 Å². The fourth-order valence-corrected chi connectivity index (χ4v) is 1.21. The second-order valence-corrected chi connectivity index (χ2v) is 2.83. The van der Waals surface area contributed by atoms with Crippen LogP contribution in [0, 0.1) is 0 Å². The molecule has 0 unspecified atom stereocenters. The summed E-state index contributed by atoms with van der Waals surface area (Å²) in [6, 6.07) is 1.94. The molecule has 0 saturated heterocycles. The predicted molar refractivity (Wildman–Crippen MR) is 50.8 cm³/mol. The van der Waals surface area contributed by atoms with E-state index in [1.807, 2.05) is 6.07 Å². The average molecular weight is 181 g/mol. The summed E-state index contributed by atoms with van der Waals surface area (Å²) in [6.07, 6.45) is 2.28. The summed E-state index contributed by atoms with van der Waals surface area (Å²) in [5.74, 6) is 0. The molecular weight excluding hydrogens is 166 g/mol. The number of hydrogen-bond donors (Lipinski definition) is 3. The van der Waals surface area contributed by atoms with E-state index in [-0.39, 0.29) is 6.61 Å². The van der Waals surface area contributed by atoms with E-state index in [0.29, 0.717) is 19.5 Å². The van der Waals surface area contributed by atoms with E-state index >= 15 is 0 Å². The molecule has 0 amide bonds. The van der Waals surface area contributed by atoms with E-state index in [9.17, 15) is 0 Å². The first kappa shape index (κ1) is 10.1. The first-order valence-electron chi connectivity index (χ1n) is 4.29. The number of aliphatic hydroxyl groups excluding tert-OH is 1. The topological polar surface area (TPSA) is 85.2 Å². The van der Waals surface area contributed by atoms with Gasteiger partial charge in [0.1, 0.15) is 0 Å². The van der Waals surface area contributed by atoms with Gasteiger partial charge in [-0.1, -0.05) is 0 Å². The maximum atomic E-state index is 8.76. The lowest BCUT2D eigenvalue weighted by Crippen LogP contribution is -2.08. The Morgan fingerprint density at radius 1 is 1.31 bits per heavy atom. The molecule has 0 aliphatic rings. The van der Waals surface area contributed by atoms with E-state index < -0.39 is 0 Å². The normalized spacial score (nSPS) is 10.4. The minimum atomic E-state index is 0.0992. The minimum Gasteiger partial charge on any atom is -0.396 e. The lowest BCUT2D eigenvalue weighted by atomic mass is 10.1. The van der Waals surface area contributed by atoms with Gasteiger partial charge < -0.3 is 16.6 Å². The molecule has 4 nitrogen and oxygen atoms in total. The molecule has 0 aliphatic heterocycles. The second-order valence-electron chi connectivity index (χ2n) is 2.83. The number of nitrogens with two attached hydrogens (primary N) is 2. The van der Waals surface area contributed by atoms with Crippen LogP contribution in [0.3, 0.4) is 0 Å². The highest BCUT2D eigenvalue weighted by atomic mass is 16.3. The second kappa shape index (κ2) is 4.91. The number of hydrogen-bond acceptors (Lipinski definition) is 4. The quantitative estimate of drug-likeness (QED) is 0.586. The van der Waals surface area contributed by atoms with Gasteiger partial charge in [-0.3, -0.25) is 4.98 Å². The van der Waals surface area contributed by atoms with Crippen molar-refractivity contribution in [3.05, 3.63) is 29.1 Å². The summed E-state index contributed by atoms with van der Waals surface area (Å²) < 4.78 is 0. The van der Waals surface area contributed by atoms with Crippen molar-refractivity contribution < 1.29 is 5.11 Å². The van der Waals surface area contributed by atoms with Crippen molar-refractivity contribution in [1.29, 1.82) is 0 Å². The Morgan fingerprint density at radius 3 is 2.62 bits per heavy atom. The maximum absolute atomic E-state index is 8.76. The molecule has 1 aromatic rings. The number of nitrogens with zero attached hydrogens (tertiary/aromatic N) is 1. The summed E-state index contributed by atoms with van der Waals surface area (Å²) in [5, 5.41) is 8.76. The van der Waals surface area contributed by atoms with Crippen LogP contribution in [0.5, 0.6) is 0 Å². The van der Waals surface area contributed by atoms with Crippen LogP contribution in [0.4, 0.5) is 0 Å². The zero-order chi connectivity index (χ0) is 9.68. The van der Waals surface area contributed by atoms with Gasteiger partial charge in [-0.25, -0.2) is 0 Å². The van der Waals surface area contributed by atoms with Gasteiger partial charge in [-0.2, -0.15) is 0 Å². The van der Waals surface area contributed by atoms with E-state index in [0.717, 1.165) is 16.8 Å². The van der Waals surface area contributed by atoms with Crippen LogP contribution < -0.4 is 11.5 Å². The SMILES string of the molecule is NCc1cnc(CCO)c(CN)c1. The zero-order valence-electron chi connectivity index (χ0n) is 7.53. The Labute approximate surface area is 77.6 Å². The summed E-state index contributed by atoms with van der Waals surface area (Å²) in [7, 11) is 0. The van der Waals surface area contributed by atoms with Crippen molar-refractivity contribution in [1.82, 2.24) is 4.98 Å². The third-order valence-electron chi connectivity index (χ3n) is 1.92. The van der Waals surface area contributed by atoms with Crippen LogP contribution in [0.15, 0.2) is 12.3 Å². The smallest absolute Gasteiger partial charge is 0.0486 e. The molecule has 0 radical (unpaired) electrons. The van der Waals surface area contributed by atoms with Gasteiger partial charge in [0.05, 0.1) is 0 Å². The molecule has 0 bridgehead atoms. The Bertz CT molecular complexity index is 276. The van der Waals surface area contributed by atoms with Crippen LogP contribution in [0.2, 0.25) is 0 Å². The zero-order valence-corrected chi connectivity index (χ0v) is 7.53. The number of aliphatic hydroxyl groups is 1. The van der Waals surface area contributed by atoms with Crippen molar-refractivity contribution in [2.75, 3.05) is 6.61 Å². The highest BCUT2D eigenvalue weighted by molar-refractivity contribution is 5.25. The van der Waals surface area contributed by atoms with Gasteiger partial charge in [-0.05, 0) is 17.2 Å². The lowest BCUT2D eigenvalue weighted by molar-refractivity contribution is 0.298. The average Bonchev–Trinajstić information content (AvgIpc) is 2.19. The fourth-order valence-electron chi connectivity index (χ4n) is 1.21. The van der Waals surface area contributed by atoms with Gasteiger partial charge in [-0.15, -0.1) is 0 Å². The van der Waals surface area contributed by atoms with Gasteiger partial charge in [0.2, 0.25) is 0 Å². The third kappa shape index (κ3) is 2.48. The standard InChI is InChI=1S/C9H15N3O/c10-4-7-3-8(5-11)9(1-2-13)12-6-7/h3,6,13H,1-2,4-5,10-11H2. The minimum absolute atomic E-state index is 0.0992. The first-order valence-corrected chi connectivity index (χ1v) is 4.29. The monoisotopic (exact) mass is 181 g/mol. The van der Waals surface area contributed by atoms with Crippen LogP contribution in [-0.2, 0) is 19.5 Å². The molecule has 0 spiro atoms. The molecule has 0 atom stereocenters. The fraction of sp³-hybridized carbons (Fsp3) is 0.444. The molecule has 1 heterocycles. The van der Waals surface area contributed by atoms with Gasteiger partial charge in [0.15, 0.2) is 0 Å². The Kier molecular flexibility index (Phi) is 3.82. The summed E-state index contributed by atoms with van der Waals surface area (Å²) in [6.45, 7) is 1.01.